The van der Waals surface area contributed by atoms with Gasteiger partial charge in [-0.2, -0.15) is 0 Å². The first-order valence-corrected chi connectivity index (χ1v) is 5.88. The zero-order valence-electron chi connectivity index (χ0n) is 9.96. The van der Waals surface area contributed by atoms with Crippen LogP contribution in [0.5, 0.6) is 0 Å². The molecular formula is C14H21N. The van der Waals surface area contributed by atoms with E-state index >= 15 is 0 Å². The normalized spacial score (nSPS) is 24.9. The fourth-order valence-corrected chi connectivity index (χ4v) is 2.03. The highest BCUT2D eigenvalue weighted by Crippen LogP contribution is 2.44. The quantitative estimate of drug-likeness (QED) is 0.792. The van der Waals surface area contributed by atoms with Crippen LogP contribution < -0.4 is 5.32 Å². The average molecular weight is 203 g/mol. The average Bonchev–Trinajstić information content (AvgIpc) is 2.84. The van der Waals surface area contributed by atoms with Crippen molar-refractivity contribution in [3.05, 3.63) is 35.9 Å². The molecule has 0 bridgehead atoms. The Balaban J connectivity index is 1.81. The Hall–Kier alpha value is -0.820. The second-order valence-electron chi connectivity index (χ2n) is 5.47. The van der Waals surface area contributed by atoms with E-state index in [9.17, 15) is 0 Å². The van der Waals surface area contributed by atoms with Crippen LogP contribution in [0, 0.1) is 5.41 Å². The third kappa shape index (κ3) is 2.60. The molecule has 1 aromatic rings. The van der Waals surface area contributed by atoms with Crippen molar-refractivity contribution in [1.29, 1.82) is 0 Å². The van der Waals surface area contributed by atoms with Gasteiger partial charge in [-0.05, 0) is 23.3 Å². The fraction of sp³-hybridized carbons (Fsp3) is 0.571. The number of hydrogen-bond donors (Lipinski definition) is 1. The fourth-order valence-electron chi connectivity index (χ4n) is 2.03. The van der Waals surface area contributed by atoms with Gasteiger partial charge in [-0.25, -0.2) is 0 Å². The summed E-state index contributed by atoms with van der Waals surface area (Å²) in [4.78, 5) is 0. The Labute approximate surface area is 92.9 Å². The maximum Gasteiger partial charge on any atom is 0.0125 e. The van der Waals surface area contributed by atoms with Crippen molar-refractivity contribution in [3.63, 3.8) is 0 Å². The Morgan fingerprint density at radius 1 is 1.33 bits per heavy atom. The molecule has 1 aromatic carbocycles. The van der Waals surface area contributed by atoms with E-state index < -0.39 is 0 Å². The van der Waals surface area contributed by atoms with Crippen LogP contribution >= 0.6 is 0 Å². The summed E-state index contributed by atoms with van der Waals surface area (Å²) in [7, 11) is 0. The van der Waals surface area contributed by atoms with E-state index in [-0.39, 0.29) is 0 Å². The lowest BCUT2D eigenvalue weighted by Crippen LogP contribution is -2.25. The van der Waals surface area contributed by atoms with Gasteiger partial charge in [0.2, 0.25) is 0 Å². The van der Waals surface area contributed by atoms with Gasteiger partial charge in [0.15, 0.2) is 0 Å². The van der Waals surface area contributed by atoms with Gasteiger partial charge in [0.05, 0.1) is 0 Å². The molecule has 1 heteroatoms. The standard InChI is InChI=1S/C14H21N/c1-11(12-7-5-4-6-8-12)10-15-13-9-14(13,2)3/h4-8,11,13,15H,9-10H2,1-3H3. The molecular weight excluding hydrogens is 182 g/mol. The minimum atomic E-state index is 0.538. The molecule has 2 rings (SSSR count). The first-order valence-electron chi connectivity index (χ1n) is 5.88. The predicted octanol–water partition coefficient (Wildman–Crippen LogP) is 3.18. The van der Waals surface area contributed by atoms with E-state index in [1.54, 1.807) is 0 Å². The second kappa shape index (κ2) is 3.97. The lowest BCUT2D eigenvalue weighted by molar-refractivity contribution is 0.522. The third-order valence-electron chi connectivity index (χ3n) is 3.55. The summed E-state index contributed by atoms with van der Waals surface area (Å²) in [5.74, 6) is 0.614. The van der Waals surface area contributed by atoms with Gasteiger partial charge in [0, 0.05) is 12.6 Å². The van der Waals surface area contributed by atoms with Crippen molar-refractivity contribution in [2.45, 2.75) is 39.2 Å². The molecule has 15 heavy (non-hydrogen) atoms. The van der Waals surface area contributed by atoms with Crippen molar-refractivity contribution < 1.29 is 0 Å². The van der Waals surface area contributed by atoms with Crippen molar-refractivity contribution in [2.24, 2.45) is 5.41 Å². The van der Waals surface area contributed by atoms with Crippen molar-refractivity contribution in [3.8, 4) is 0 Å². The SMILES string of the molecule is CC(CNC1CC1(C)C)c1ccccc1. The molecule has 0 heterocycles. The van der Waals surface area contributed by atoms with E-state index in [4.69, 9.17) is 0 Å². The van der Waals surface area contributed by atoms with E-state index in [1.165, 1.54) is 12.0 Å². The monoisotopic (exact) mass is 203 g/mol. The molecule has 82 valence electrons. The highest BCUT2D eigenvalue weighted by molar-refractivity contribution is 5.19. The third-order valence-corrected chi connectivity index (χ3v) is 3.55. The first kappa shape index (κ1) is 10.7. The van der Waals surface area contributed by atoms with Crippen LogP contribution in [0.1, 0.15) is 38.7 Å². The first-order chi connectivity index (χ1) is 7.09. The number of hydrogen-bond acceptors (Lipinski definition) is 1. The van der Waals surface area contributed by atoms with Crippen LogP contribution in [0.3, 0.4) is 0 Å². The predicted molar refractivity (Wildman–Crippen MR) is 65.0 cm³/mol. The van der Waals surface area contributed by atoms with Gasteiger partial charge in [-0.3, -0.25) is 0 Å². The Bertz CT molecular complexity index is 315. The summed E-state index contributed by atoms with van der Waals surface area (Å²) in [6.07, 6.45) is 1.33. The zero-order valence-corrected chi connectivity index (χ0v) is 9.96. The van der Waals surface area contributed by atoms with Gasteiger partial charge in [-0.1, -0.05) is 51.1 Å². The molecule has 1 N–H and O–H groups in total. The Morgan fingerprint density at radius 2 is 1.93 bits per heavy atom. The van der Waals surface area contributed by atoms with Crippen molar-refractivity contribution in [1.82, 2.24) is 5.32 Å². The molecule has 1 nitrogen and oxygen atoms in total. The smallest absolute Gasteiger partial charge is 0.0125 e. The lowest BCUT2D eigenvalue weighted by Gasteiger charge is -2.13. The van der Waals surface area contributed by atoms with E-state index in [0.29, 0.717) is 11.3 Å². The summed E-state index contributed by atoms with van der Waals surface area (Å²) in [5, 5.41) is 3.65. The highest BCUT2D eigenvalue weighted by Gasteiger charge is 2.45. The van der Waals surface area contributed by atoms with E-state index in [1.807, 2.05) is 0 Å². The van der Waals surface area contributed by atoms with Crippen molar-refractivity contribution >= 4 is 0 Å². The molecule has 0 amide bonds. The molecule has 0 radical (unpaired) electrons. The molecule has 1 fully saturated rings. The number of rotatable bonds is 4. The minimum Gasteiger partial charge on any atom is -0.313 e. The topological polar surface area (TPSA) is 12.0 Å². The zero-order chi connectivity index (χ0) is 10.9. The molecule has 0 spiro atoms. The molecule has 2 atom stereocenters. The van der Waals surface area contributed by atoms with Gasteiger partial charge in [0.1, 0.15) is 0 Å². The Kier molecular flexibility index (Phi) is 2.83. The molecule has 0 saturated heterocycles. The van der Waals surface area contributed by atoms with Crippen LogP contribution in [0.4, 0.5) is 0 Å². The summed E-state index contributed by atoms with van der Waals surface area (Å²) in [5.41, 5.74) is 1.97. The molecule has 1 aliphatic rings. The molecule has 2 unspecified atom stereocenters. The van der Waals surface area contributed by atoms with Crippen LogP contribution in [0.25, 0.3) is 0 Å². The van der Waals surface area contributed by atoms with Crippen LogP contribution in [0.15, 0.2) is 30.3 Å². The maximum absolute atomic E-state index is 3.65. The second-order valence-corrected chi connectivity index (χ2v) is 5.47. The summed E-state index contributed by atoms with van der Waals surface area (Å²) in [6, 6.07) is 11.5. The Morgan fingerprint density at radius 3 is 2.47 bits per heavy atom. The molecule has 1 saturated carbocycles. The summed E-state index contributed by atoms with van der Waals surface area (Å²) >= 11 is 0. The molecule has 1 aliphatic carbocycles. The summed E-state index contributed by atoms with van der Waals surface area (Å²) in [6.45, 7) is 8.05. The number of nitrogens with one attached hydrogen (secondary N) is 1. The van der Waals surface area contributed by atoms with E-state index in [0.717, 1.165) is 12.6 Å². The molecule has 0 aromatic heterocycles. The number of benzene rings is 1. The van der Waals surface area contributed by atoms with Crippen LogP contribution in [0.2, 0.25) is 0 Å². The highest BCUT2D eigenvalue weighted by atomic mass is 15.0. The maximum atomic E-state index is 3.65. The summed E-state index contributed by atoms with van der Waals surface area (Å²) < 4.78 is 0. The van der Waals surface area contributed by atoms with Crippen LogP contribution in [-0.4, -0.2) is 12.6 Å². The van der Waals surface area contributed by atoms with Crippen LogP contribution in [-0.2, 0) is 0 Å². The molecule has 0 aliphatic heterocycles. The van der Waals surface area contributed by atoms with E-state index in [2.05, 4.69) is 56.4 Å². The van der Waals surface area contributed by atoms with Gasteiger partial charge >= 0.3 is 0 Å². The lowest BCUT2D eigenvalue weighted by atomic mass is 10.0. The minimum absolute atomic E-state index is 0.538. The van der Waals surface area contributed by atoms with Crippen molar-refractivity contribution in [2.75, 3.05) is 6.54 Å². The van der Waals surface area contributed by atoms with Gasteiger partial charge in [0.25, 0.3) is 0 Å². The van der Waals surface area contributed by atoms with Gasteiger partial charge < -0.3 is 5.32 Å². The van der Waals surface area contributed by atoms with Gasteiger partial charge in [-0.15, -0.1) is 0 Å². The largest absolute Gasteiger partial charge is 0.313 e.